The molecule has 0 atom stereocenters. The molecule has 0 amide bonds. The van der Waals surface area contributed by atoms with Gasteiger partial charge in [-0.2, -0.15) is 0 Å². The highest BCUT2D eigenvalue weighted by Gasteiger charge is 2.12. The summed E-state index contributed by atoms with van der Waals surface area (Å²) in [5.41, 5.74) is 2.67. The van der Waals surface area contributed by atoms with Gasteiger partial charge in [0.1, 0.15) is 6.29 Å². The molecule has 15 heavy (non-hydrogen) atoms. The van der Waals surface area contributed by atoms with Crippen molar-refractivity contribution in [3.63, 3.8) is 0 Å². The quantitative estimate of drug-likeness (QED) is 0.685. The van der Waals surface area contributed by atoms with Gasteiger partial charge in [-0.1, -0.05) is 57.2 Å². The lowest BCUT2D eigenvalue weighted by Crippen LogP contribution is -2.10. The van der Waals surface area contributed by atoms with Crippen LogP contribution >= 0.6 is 0 Å². The number of hydrogen-bond acceptors (Lipinski definition) is 1. The Bertz CT molecular complexity index is 339. The normalized spacial score (nSPS) is 11.9. The van der Waals surface area contributed by atoms with E-state index < -0.39 is 0 Å². The fraction of sp³-hybridized carbons (Fsp3) is 0.357. The molecule has 0 saturated carbocycles. The van der Waals surface area contributed by atoms with Crippen molar-refractivity contribution in [1.82, 2.24) is 0 Å². The van der Waals surface area contributed by atoms with Crippen molar-refractivity contribution in [3.8, 4) is 0 Å². The Kier molecular flexibility index (Phi) is 3.84. The lowest BCUT2D eigenvalue weighted by atomic mass is 9.87. The average Bonchev–Trinajstić information content (AvgIpc) is 2.18. The lowest BCUT2D eigenvalue weighted by Gasteiger charge is -2.18. The lowest BCUT2D eigenvalue weighted by molar-refractivity contribution is -0.107. The van der Waals surface area contributed by atoms with Gasteiger partial charge in [-0.15, -0.1) is 0 Å². The van der Waals surface area contributed by atoms with E-state index in [0.29, 0.717) is 6.42 Å². The third-order valence-electron chi connectivity index (χ3n) is 2.32. The molecule has 0 fully saturated rings. The second-order valence-electron chi connectivity index (χ2n) is 4.68. The van der Waals surface area contributed by atoms with Crippen LogP contribution in [0.2, 0.25) is 0 Å². The van der Waals surface area contributed by atoms with Crippen LogP contribution in [0.1, 0.15) is 38.3 Å². The molecule has 1 aromatic rings. The minimum atomic E-state index is 0.199. The molecule has 0 aliphatic rings. The van der Waals surface area contributed by atoms with Crippen LogP contribution in [-0.2, 0) is 10.2 Å². The molecule has 0 bridgehead atoms. The first-order chi connectivity index (χ1) is 7.04. The van der Waals surface area contributed by atoms with E-state index in [1.807, 2.05) is 12.2 Å². The summed E-state index contributed by atoms with van der Waals surface area (Å²) in [4.78, 5) is 10.1. The number of carbonyl (C=O) groups excluding carboxylic acids is 1. The molecule has 1 nitrogen and oxygen atoms in total. The fourth-order valence-corrected chi connectivity index (χ4v) is 1.35. The second-order valence-corrected chi connectivity index (χ2v) is 4.68. The molecule has 80 valence electrons. The monoisotopic (exact) mass is 202 g/mol. The summed E-state index contributed by atoms with van der Waals surface area (Å²) in [6, 6.07) is 8.45. The van der Waals surface area contributed by atoms with Crippen molar-refractivity contribution < 1.29 is 4.79 Å². The van der Waals surface area contributed by atoms with E-state index in [-0.39, 0.29) is 5.41 Å². The third kappa shape index (κ3) is 3.70. The van der Waals surface area contributed by atoms with Gasteiger partial charge >= 0.3 is 0 Å². The molecule has 0 spiro atoms. The average molecular weight is 202 g/mol. The van der Waals surface area contributed by atoms with Crippen LogP contribution in [0, 0.1) is 0 Å². The maximum absolute atomic E-state index is 10.1. The maximum Gasteiger partial charge on any atom is 0.123 e. The summed E-state index contributed by atoms with van der Waals surface area (Å²) < 4.78 is 0. The van der Waals surface area contributed by atoms with Gasteiger partial charge in [-0.25, -0.2) is 0 Å². The molecule has 1 heteroatoms. The summed E-state index contributed by atoms with van der Waals surface area (Å²) in [6.45, 7) is 6.60. The highest BCUT2D eigenvalue weighted by molar-refractivity contribution is 5.58. The molecule has 1 aromatic carbocycles. The number of allylic oxidation sites excluding steroid dienone is 1. The number of carbonyl (C=O) groups is 1. The molecule has 0 heterocycles. The number of aldehydes is 1. The topological polar surface area (TPSA) is 17.1 Å². The van der Waals surface area contributed by atoms with E-state index in [2.05, 4.69) is 45.0 Å². The van der Waals surface area contributed by atoms with E-state index in [9.17, 15) is 4.79 Å². The summed E-state index contributed by atoms with van der Waals surface area (Å²) in [5, 5.41) is 0. The first-order valence-corrected chi connectivity index (χ1v) is 5.25. The Hall–Kier alpha value is -1.37. The highest BCUT2D eigenvalue weighted by Crippen LogP contribution is 2.22. The van der Waals surface area contributed by atoms with Gasteiger partial charge < -0.3 is 4.79 Å². The van der Waals surface area contributed by atoms with Crippen molar-refractivity contribution in [3.05, 3.63) is 41.5 Å². The number of rotatable bonds is 3. The third-order valence-corrected chi connectivity index (χ3v) is 2.32. The predicted molar refractivity (Wildman–Crippen MR) is 64.9 cm³/mol. The van der Waals surface area contributed by atoms with Gasteiger partial charge in [0.05, 0.1) is 0 Å². The zero-order valence-corrected chi connectivity index (χ0v) is 9.66. The molecule has 0 N–H and O–H groups in total. The van der Waals surface area contributed by atoms with Crippen molar-refractivity contribution >= 4 is 12.4 Å². The van der Waals surface area contributed by atoms with Crippen LogP contribution in [0.3, 0.4) is 0 Å². The highest BCUT2D eigenvalue weighted by atomic mass is 16.1. The first-order valence-electron chi connectivity index (χ1n) is 5.25. The van der Waals surface area contributed by atoms with Gasteiger partial charge in [0.25, 0.3) is 0 Å². The van der Waals surface area contributed by atoms with Crippen LogP contribution in [-0.4, -0.2) is 6.29 Å². The van der Waals surface area contributed by atoms with Crippen molar-refractivity contribution in [2.75, 3.05) is 0 Å². The standard InChI is InChI=1S/C14H18O/c1-14(2,3)13-9-7-12(8-10-13)6-4-5-11-15/h4,6-11H,5H2,1-3H3. The predicted octanol–water partition coefficient (Wildman–Crippen LogP) is 3.59. The van der Waals surface area contributed by atoms with Gasteiger partial charge in [0.15, 0.2) is 0 Å². The van der Waals surface area contributed by atoms with Gasteiger partial charge in [0, 0.05) is 6.42 Å². The van der Waals surface area contributed by atoms with Gasteiger partial charge in [0.2, 0.25) is 0 Å². The smallest absolute Gasteiger partial charge is 0.123 e. The van der Waals surface area contributed by atoms with E-state index in [0.717, 1.165) is 11.8 Å². The SMILES string of the molecule is CC(C)(C)c1ccc(C=CCC=O)cc1. The Morgan fingerprint density at radius 1 is 1.13 bits per heavy atom. The molecule has 0 aliphatic carbocycles. The summed E-state index contributed by atoms with van der Waals surface area (Å²) in [5.74, 6) is 0. The summed E-state index contributed by atoms with van der Waals surface area (Å²) >= 11 is 0. The number of benzene rings is 1. The Morgan fingerprint density at radius 2 is 1.73 bits per heavy atom. The van der Waals surface area contributed by atoms with Gasteiger partial charge in [-0.3, -0.25) is 0 Å². The Labute approximate surface area is 91.8 Å². The van der Waals surface area contributed by atoms with Crippen molar-refractivity contribution in [2.24, 2.45) is 0 Å². The van der Waals surface area contributed by atoms with E-state index in [1.165, 1.54) is 5.56 Å². The maximum atomic E-state index is 10.1. The summed E-state index contributed by atoms with van der Waals surface area (Å²) in [7, 11) is 0. The molecule has 0 aromatic heterocycles. The molecule has 0 unspecified atom stereocenters. The van der Waals surface area contributed by atoms with E-state index >= 15 is 0 Å². The molecule has 1 rings (SSSR count). The number of hydrogen-bond donors (Lipinski definition) is 0. The first kappa shape index (κ1) is 11.7. The zero-order chi connectivity index (χ0) is 11.3. The van der Waals surface area contributed by atoms with Crippen LogP contribution in [0.4, 0.5) is 0 Å². The molecule has 0 radical (unpaired) electrons. The Balaban J connectivity index is 2.77. The van der Waals surface area contributed by atoms with E-state index in [4.69, 9.17) is 0 Å². The van der Waals surface area contributed by atoms with Gasteiger partial charge in [-0.05, 0) is 16.5 Å². The molecular formula is C14H18O. The summed E-state index contributed by atoms with van der Waals surface area (Å²) in [6.07, 6.45) is 5.24. The fourth-order valence-electron chi connectivity index (χ4n) is 1.35. The second kappa shape index (κ2) is 4.92. The largest absolute Gasteiger partial charge is 0.303 e. The van der Waals surface area contributed by atoms with Crippen LogP contribution in [0.5, 0.6) is 0 Å². The Morgan fingerprint density at radius 3 is 2.20 bits per heavy atom. The zero-order valence-electron chi connectivity index (χ0n) is 9.66. The molecule has 0 saturated heterocycles. The van der Waals surface area contributed by atoms with E-state index in [1.54, 1.807) is 0 Å². The van der Waals surface area contributed by atoms with Crippen LogP contribution < -0.4 is 0 Å². The molecular weight excluding hydrogens is 184 g/mol. The van der Waals surface area contributed by atoms with Crippen LogP contribution in [0.25, 0.3) is 6.08 Å². The van der Waals surface area contributed by atoms with Crippen LogP contribution in [0.15, 0.2) is 30.3 Å². The molecule has 0 aliphatic heterocycles. The minimum absolute atomic E-state index is 0.199. The van der Waals surface area contributed by atoms with Crippen molar-refractivity contribution in [2.45, 2.75) is 32.6 Å². The minimum Gasteiger partial charge on any atom is -0.303 e. The van der Waals surface area contributed by atoms with Crippen molar-refractivity contribution in [1.29, 1.82) is 0 Å².